The van der Waals surface area contributed by atoms with Crippen molar-refractivity contribution in [3.63, 3.8) is 0 Å². The lowest BCUT2D eigenvalue weighted by Gasteiger charge is -2.32. The van der Waals surface area contributed by atoms with Gasteiger partial charge in [0, 0.05) is 25.7 Å². The highest BCUT2D eigenvalue weighted by Crippen LogP contribution is 2.00. The van der Waals surface area contributed by atoms with Gasteiger partial charge in [0.05, 0.1) is 6.10 Å². The van der Waals surface area contributed by atoms with E-state index in [1.807, 2.05) is 18.7 Å². The molecule has 0 saturated carbocycles. The first-order valence-electron chi connectivity index (χ1n) is 5.22. The Morgan fingerprint density at radius 3 is 2.93 bits per heavy atom. The molecule has 14 heavy (non-hydrogen) atoms. The van der Waals surface area contributed by atoms with Crippen molar-refractivity contribution in [2.45, 2.75) is 32.9 Å². The SMILES string of the molecule is CC(C)OCC(=O)N1CCN[C@H](C)C1. The summed E-state index contributed by atoms with van der Waals surface area (Å²) in [5.74, 6) is 0.104. The molecule has 4 heteroatoms. The van der Waals surface area contributed by atoms with Gasteiger partial charge in [-0.05, 0) is 20.8 Å². The van der Waals surface area contributed by atoms with Crippen molar-refractivity contribution in [3.8, 4) is 0 Å². The van der Waals surface area contributed by atoms with E-state index in [0.717, 1.165) is 19.6 Å². The second-order valence-electron chi connectivity index (χ2n) is 4.05. The van der Waals surface area contributed by atoms with Crippen LogP contribution in [0.4, 0.5) is 0 Å². The third-order valence-electron chi connectivity index (χ3n) is 2.26. The predicted molar refractivity (Wildman–Crippen MR) is 55.1 cm³/mol. The van der Waals surface area contributed by atoms with Gasteiger partial charge in [0.25, 0.3) is 0 Å². The molecule has 1 saturated heterocycles. The van der Waals surface area contributed by atoms with Gasteiger partial charge in [-0.25, -0.2) is 0 Å². The normalized spacial score (nSPS) is 22.9. The molecule has 1 fully saturated rings. The molecule has 1 rings (SSSR count). The van der Waals surface area contributed by atoms with Crippen LogP contribution in [-0.4, -0.2) is 49.2 Å². The summed E-state index contributed by atoms with van der Waals surface area (Å²) < 4.78 is 5.28. The highest BCUT2D eigenvalue weighted by atomic mass is 16.5. The zero-order valence-electron chi connectivity index (χ0n) is 9.25. The summed E-state index contributed by atoms with van der Waals surface area (Å²) in [4.78, 5) is 13.5. The van der Waals surface area contributed by atoms with Crippen LogP contribution in [0.2, 0.25) is 0 Å². The number of nitrogens with zero attached hydrogens (tertiary/aromatic N) is 1. The van der Waals surface area contributed by atoms with Crippen LogP contribution >= 0.6 is 0 Å². The fourth-order valence-corrected chi connectivity index (χ4v) is 1.49. The molecule has 82 valence electrons. The lowest BCUT2D eigenvalue weighted by atomic mass is 10.2. The zero-order chi connectivity index (χ0) is 10.6. The number of rotatable bonds is 3. The molecule has 1 N–H and O–H groups in total. The maximum Gasteiger partial charge on any atom is 0.248 e. The number of carbonyl (C=O) groups excluding carboxylic acids is 1. The van der Waals surface area contributed by atoms with Gasteiger partial charge in [0.15, 0.2) is 0 Å². The van der Waals surface area contributed by atoms with Crippen molar-refractivity contribution in [1.29, 1.82) is 0 Å². The van der Waals surface area contributed by atoms with Gasteiger partial charge in [-0.1, -0.05) is 0 Å². The number of hydrogen-bond donors (Lipinski definition) is 1. The van der Waals surface area contributed by atoms with Gasteiger partial charge >= 0.3 is 0 Å². The predicted octanol–water partition coefficient (Wildman–Crippen LogP) is 0.232. The fourth-order valence-electron chi connectivity index (χ4n) is 1.49. The number of amides is 1. The first kappa shape index (κ1) is 11.5. The third kappa shape index (κ3) is 3.64. The maximum atomic E-state index is 11.6. The molecule has 0 aromatic rings. The van der Waals surface area contributed by atoms with Crippen molar-refractivity contribution >= 4 is 5.91 Å². The van der Waals surface area contributed by atoms with E-state index in [-0.39, 0.29) is 18.6 Å². The summed E-state index contributed by atoms with van der Waals surface area (Å²) in [6.07, 6.45) is 0.124. The average molecular weight is 200 g/mol. The number of ether oxygens (including phenoxy) is 1. The monoisotopic (exact) mass is 200 g/mol. The summed E-state index contributed by atoms with van der Waals surface area (Å²) in [7, 11) is 0. The van der Waals surface area contributed by atoms with Gasteiger partial charge in [0.2, 0.25) is 5.91 Å². The minimum Gasteiger partial charge on any atom is -0.369 e. The fraction of sp³-hybridized carbons (Fsp3) is 0.900. The maximum absolute atomic E-state index is 11.6. The summed E-state index contributed by atoms with van der Waals surface area (Å²) >= 11 is 0. The Kier molecular flexibility index (Phi) is 4.35. The van der Waals surface area contributed by atoms with Crippen molar-refractivity contribution in [1.82, 2.24) is 10.2 Å². The molecule has 1 heterocycles. The van der Waals surface area contributed by atoms with Crippen LogP contribution in [0.1, 0.15) is 20.8 Å². The van der Waals surface area contributed by atoms with E-state index in [4.69, 9.17) is 4.74 Å². The van der Waals surface area contributed by atoms with Gasteiger partial charge in [0.1, 0.15) is 6.61 Å². The molecule has 4 nitrogen and oxygen atoms in total. The van der Waals surface area contributed by atoms with Crippen molar-refractivity contribution in [3.05, 3.63) is 0 Å². The quantitative estimate of drug-likeness (QED) is 0.709. The molecule has 0 aromatic carbocycles. The Hall–Kier alpha value is -0.610. The molecular formula is C10H20N2O2. The van der Waals surface area contributed by atoms with Gasteiger partial charge < -0.3 is 15.0 Å². The van der Waals surface area contributed by atoms with Crippen molar-refractivity contribution < 1.29 is 9.53 Å². The largest absolute Gasteiger partial charge is 0.369 e. The molecule has 0 aromatic heterocycles. The Labute approximate surface area is 85.6 Å². The van der Waals surface area contributed by atoms with Crippen LogP contribution in [0.25, 0.3) is 0 Å². The average Bonchev–Trinajstić information content (AvgIpc) is 2.14. The molecular weight excluding hydrogens is 180 g/mol. The first-order valence-corrected chi connectivity index (χ1v) is 5.22. The van der Waals surface area contributed by atoms with Crippen LogP contribution in [-0.2, 0) is 9.53 Å². The molecule has 1 aliphatic rings. The van der Waals surface area contributed by atoms with Crippen molar-refractivity contribution in [2.24, 2.45) is 0 Å². The van der Waals surface area contributed by atoms with E-state index in [1.165, 1.54) is 0 Å². The van der Waals surface area contributed by atoms with Crippen LogP contribution in [0.3, 0.4) is 0 Å². The minimum atomic E-state index is 0.104. The van der Waals surface area contributed by atoms with E-state index in [2.05, 4.69) is 12.2 Å². The number of carbonyl (C=O) groups is 1. The molecule has 0 aliphatic carbocycles. The Bertz CT molecular complexity index is 195. The third-order valence-corrected chi connectivity index (χ3v) is 2.26. The lowest BCUT2D eigenvalue weighted by Crippen LogP contribution is -2.52. The number of hydrogen-bond acceptors (Lipinski definition) is 3. The summed E-state index contributed by atoms with van der Waals surface area (Å²) in [5, 5.41) is 3.30. The van der Waals surface area contributed by atoms with E-state index in [1.54, 1.807) is 0 Å². The second kappa shape index (κ2) is 5.32. The molecule has 0 spiro atoms. The molecule has 1 atom stereocenters. The first-order chi connectivity index (χ1) is 6.59. The topological polar surface area (TPSA) is 41.6 Å². The summed E-state index contributed by atoms with van der Waals surface area (Å²) in [5.41, 5.74) is 0. The van der Waals surface area contributed by atoms with Crippen molar-refractivity contribution in [2.75, 3.05) is 26.2 Å². The number of nitrogens with one attached hydrogen (secondary N) is 1. The summed E-state index contributed by atoms with van der Waals surface area (Å²) in [6, 6.07) is 0.395. The van der Waals surface area contributed by atoms with E-state index >= 15 is 0 Å². The van der Waals surface area contributed by atoms with Crippen LogP contribution < -0.4 is 5.32 Å². The molecule has 0 unspecified atom stereocenters. The minimum absolute atomic E-state index is 0.104. The van der Waals surface area contributed by atoms with Crippen LogP contribution in [0, 0.1) is 0 Å². The lowest BCUT2D eigenvalue weighted by molar-refractivity contribution is -0.138. The van der Waals surface area contributed by atoms with Gasteiger partial charge in [-0.2, -0.15) is 0 Å². The number of piperazine rings is 1. The highest BCUT2D eigenvalue weighted by Gasteiger charge is 2.20. The van der Waals surface area contributed by atoms with Crippen LogP contribution in [0.5, 0.6) is 0 Å². The van der Waals surface area contributed by atoms with E-state index in [0.29, 0.717) is 6.04 Å². The Morgan fingerprint density at radius 2 is 2.36 bits per heavy atom. The standard InChI is InChI=1S/C10H20N2O2/c1-8(2)14-7-10(13)12-5-4-11-9(3)6-12/h8-9,11H,4-7H2,1-3H3/t9-/m1/s1. The van der Waals surface area contributed by atoms with E-state index in [9.17, 15) is 4.79 Å². The molecule has 1 amide bonds. The van der Waals surface area contributed by atoms with E-state index < -0.39 is 0 Å². The molecule has 0 radical (unpaired) electrons. The van der Waals surface area contributed by atoms with Gasteiger partial charge in [-0.15, -0.1) is 0 Å². The second-order valence-corrected chi connectivity index (χ2v) is 4.05. The smallest absolute Gasteiger partial charge is 0.248 e. The molecule has 0 bridgehead atoms. The summed E-state index contributed by atoms with van der Waals surface area (Å²) in [6.45, 7) is 8.65. The van der Waals surface area contributed by atoms with Crippen LogP contribution in [0.15, 0.2) is 0 Å². The molecule has 1 aliphatic heterocycles. The highest BCUT2D eigenvalue weighted by molar-refractivity contribution is 5.77. The Balaban J connectivity index is 2.29. The Morgan fingerprint density at radius 1 is 1.64 bits per heavy atom. The zero-order valence-corrected chi connectivity index (χ0v) is 9.25. The van der Waals surface area contributed by atoms with Gasteiger partial charge in [-0.3, -0.25) is 4.79 Å².